The minimum atomic E-state index is -0.569. The average molecular weight is 395 g/mol. The number of rotatable bonds is 4. The van der Waals surface area contributed by atoms with E-state index in [-0.39, 0.29) is 11.9 Å². The van der Waals surface area contributed by atoms with E-state index in [2.05, 4.69) is 5.32 Å². The maximum Gasteiger partial charge on any atom is 0.312 e. The zero-order chi connectivity index (χ0) is 20.2. The molecule has 2 aromatic carbocycles. The number of hydrogen-bond acceptors (Lipinski definition) is 4. The lowest BCUT2D eigenvalue weighted by atomic mass is 10.0. The van der Waals surface area contributed by atoms with Crippen molar-refractivity contribution in [3.8, 4) is 11.5 Å². The third-order valence-electron chi connectivity index (χ3n) is 5.34. The normalized spacial score (nSPS) is 18.2. The molecule has 0 aromatic heterocycles. The monoisotopic (exact) mass is 395 g/mol. The highest BCUT2D eigenvalue weighted by atomic mass is 16.5. The van der Waals surface area contributed by atoms with Gasteiger partial charge in [0.25, 0.3) is 5.91 Å². The predicted octanol–water partition coefficient (Wildman–Crippen LogP) is 2.99. The van der Waals surface area contributed by atoms with Crippen molar-refractivity contribution < 1.29 is 19.1 Å². The number of amides is 3. The number of benzene rings is 2. The Morgan fingerprint density at radius 2 is 1.79 bits per heavy atom. The van der Waals surface area contributed by atoms with Crippen LogP contribution in [0.25, 0.3) is 0 Å². The van der Waals surface area contributed by atoms with Gasteiger partial charge in [0.1, 0.15) is 0 Å². The summed E-state index contributed by atoms with van der Waals surface area (Å²) >= 11 is 0. The van der Waals surface area contributed by atoms with Crippen LogP contribution in [0.4, 0.5) is 4.79 Å². The largest absolute Gasteiger partial charge is 0.490 e. The van der Waals surface area contributed by atoms with Crippen molar-refractivity contribution in [2.75, 3.05) is 19.8 Å². The summed E-state index contributed by atoms with van der Waals surface area (Å²) in [5.41, 5.74) is 7.69. The molecule has 7 nitrogen and oxygen atoms in total. The summed E-state index contributed by atoms with van der Waals surface area (Å²) in [5, 5.41) is 2.54. The quantitative estimate of drug-likeness (QED) is 0.832. The maximum atomic E-state index is 13.1. The zero-order valence-electron chi connectivity index (χ0n) is 16.2. The number of ether oxygens (including phenoxy) is 2. The predicted molar refractivity (Wildman–Crippen MR) is 108 cm³/mol. The standard InChI is InChI=1S/C22H25N3O4/c23-22(27)24-14-15-4-6-16(7-5-15)21(26)25-10-1-3-18(25)17-8-9-19-20(13-17)29-12-2-11-28-19/h4-9,13,18H,1-3,10-12,14H2,(H3,23,24,27)/t18-/m0/s1. The summed E-state index contributed by atoms with van der Waals surface area (Å²) in [5.74, 6) is 1.53. The van der Waals surface area contributed by atoms with Crippen LogP contribution >= 0.6 is 0 Å². The molecule has 2 heterocycles. The van der Waals surface area contributed by atoms with E-state index in [0.29, 0.717) is 25.3 Å². The molecule has 7 heteroatoms. The SMILES string of the molecule is NC(=O)NCc1ccc(C(=O)N2CCC[C@H]2c2ccc3c(c2)OCCCO3)cc1. The van der Waals surface area contributed by atoms with E-state index in [1.165, 1.54) is 0 Å². The van der Waals surface area contributed by atoms with Crippen molar-refractivity contribution in [3.05, 3.63) is 59.2 Å². The molecule has 2 aliphatic heterocycles. The number of nitrogens with zero attached hydrogens (tertiary/aromatic N) is 1. The van der Waals surface area contributed by atoms with Crippen molar-refractivity contribution in [3.63, 3.8) is 0 Å². The van der Waals surface area contributed by atoms with Gasteiger partial charge in [-0.15, -0.1) is 0 Å². The van der Waals surface area contributed by atoms with Gasteiger partial charge in [-0.3, -0.25) is 4.79 Å². The molecule has 0 spiro atoms. The van der Waals surface area contributed by atoms with Crippen LogP contribution in [0.2, 0.25) is 0 Å². The fraction of sp³-hybridized carbons (Fsp3) is 0.364. The molecule has 2 aliphatic rings. The lowest BCUT2D eigenvalue weighted by Crippen LogP contribution is -2.30. The van der Waals surface area contributed by atoms with E-state index in [9.17, 15) is 9.59 Å². The topological polar surface area (TPSA) is 93.9 Å². The molecule has 1 fully saturated rings. The van der Waals surface area contributed by atoms with Crippen molar-refractivity contribution >= 4 is 11.9 Å². The Balaban J connectivity index is 1.50. The Hall–Kier alpha value is -3.22. The Morgan fingerprint density at radius 3 is 2.55 bits per heavy atom. The lowest BCUT2D eigenvalue weighted by Gasteiger charge is -2.26. The van der Waals surface area contributed by atoms with Gasteiger partial charge in [0, 0.05) is 25.1 Å². The number of carbonyl (C=O) groups excluding carboxylic acids is 2. The molecule has 152 valence electrons. The van der Waals surface area contributed by atoms with E-state index in [0.717, 1.165) is 48.4 Å². The number of nitrogens with one attached hydrogen (secondary N) is 1. The van der Waals surface area contributed by atoms with Gasteiger partial charge in [-0.1, -0.05) is 18.2 Å². The summed E-state index contributed by atoms with van der Waals surface area (Å²) in [6.07, 6.45) is 2.75. The molecule has 0 saturated carbocycles. The van der Waals surface area contributed by atoms with E-state index in [4.69, 9.17) is 15.2 Å². The first-order valence-corrected chi connectivity index (χ1v) is 9.94. The van der Waals surface area contributed by atoms with Crippen LogP contribution in [-0.2, 0) is 6.54 Å². The highest BCUT2D eigenvalue weighted by Gasteiger charge is 2.31. The van der Waals surface area contributed by atoms with Crippen molar-refractivity contribution in [1.82, 2.24) is 10.2 Å². The van der Waals surface area contributed by atoms with Gasteiger partial charge in [-0.05, 0) is 48.2 Å². The van der Waals surface area contributed by atoms with Gasteiger partial charge in [-0.25, -0.2) is 4.79 Å². The van der Waals surface area contributed by atoms with Crippen LogP contribution in [-0.4, -0.2) is 36.6 Å². The second-order valence-electron chi connectivity index (χ2n) is 7.33. The number of hydrogen-bond donors (Lipinski definition) is 2. The van der Waals surface area contributed by atoms with E-state index in [1.807, 2.05) is 35.2 Å². The highest BCUT2D eigenvalue weighted by molar-refractivity contribution is 5.94. The van der Waals surface area contributed by atoms with Crippen LogP contribution in [0.1, 0.15) is 46.8 Å². The minimum Gasteiger partial charge on any atom is -0.490 e. The summed E-state index contributed by atoms with van der Waals surface area (Å²) in [7, 11) is 0. The number of primary amides is 1. The molecule has 0 unspecified atom stereocenters. The molecule has 1 atom stereocenters. The summed E-state index contributed by atoms with van der Waals surface area (Å²) in [4.78, 5) is 25.9. The molecule has 4 rings (SSSR count). The van der Waals surface area contributed by atoms with E-state index >= 15 is 0 Å². The Bertz CT molecular complexity index is 897. The average Bonchev–Trinajstić information content (AvgIpc) is 3.10. The van der Waals surface area contributed by atoms with E-state index < -0.39 is 6.03 Å². The van der Waals surface area contributed by atoms with Gasteiger partial charge in [0.05, 0.1) is 19.3 Å². The first kappa shape index (κ1) is 19.1. The third-order valence-corrected chi connectivity index (χ3v) is 5.34. The number of likely N-dealkylation sites (tertiary alicyclic amines) is 1. The second kappa shape index (κ2) is 8.43. The Kier molecular flexibility index (Phi) is 5.55. The van der Waals surface area contributed by atoms with E-state index in [1.54, 1.807) is 12.1 Å². The van der Waals surface area contributed by atoms with Crippen LogP contribution < -0.4 is 20.5 Å². The van der Waals surface area contributed by atoms with Gasteiger partial charge >= 0.3 is 6.03 Å². The van der Waals surface area contributed by atoms with Crippen LogP contribution in [0.3, 0.4) is 0 Å². The molecule has 0 radical (unpaired) electrons. The smallest absolute Gasteiger partial charge is 0.312 e. The molecule has 3 amide bonds. The van der Waals surface area contributed by atoms with Crippen LogP contribution in [0.5, 0.6) is 11.5 Å². The van der Waals surface area contributed by atoms with Crippen molar-refractivity contribution in [2.45, 2.75) is 31.8 Å². The fourth-order valence-corrected chi connectivity index (χ4v) is 3.86. The number of urea groups is 1. The number of fused-ring (bicyclic) bond motifs is 1. The molecule has 1 saturated heterocycles. The Morgan fingerprint density at radius 1 is 1.03 bits per heavy atom. The van der Waals surface area contributed by atoms with Crippen molar-refractivity contribution in [1.29, 1.82) is 0 Å². The molecular weight excluding hydrogens is 370 g/mol. The van der Waals surface area contributed by atoms with Gasteiger partial charge in [-0.2, -0.15) is 0 Å². The van der Waals surface area contributed by atoms with Crippen LogP contribution in [0, 0.1) is 0 Å². The molecule has 29 heavy (non-hydrogen) atoms. The molecular formula is C22H25N3O4. The van der Waals surface area contributed by atoms with Gasteiger partial charge in [0.15, 0.2) is 11.5 Å². The summed E-state index contributed by atoms with van der Waals surface area (Å²) < 4.78 is 11.5. The zero-order valence-corrected chi connectivity index (χ0v) is 16.2. The fourth-order valence-electron chi connectivity index (χ4n) is 3.86. The first-order chi connectivity index (χ1) is 14.1. The van der Waals surface area contributed by atoms with Gasteiger partial charge in [0.2, 0.25) is 0 Å². The second-order valence-corrected chi connectivity index (χ2v) is 7.33. The minimum absolute atomic E-state index is 0.00835. The summed E-state index contributed by atoms with van der Waals surface area (Å²) in [6, 6.07) is 12.7. The number of nitrogens with two attached hydrogens (primary N) is 1. The van der Waals surface area contributed by atoms with Crippen LogP contribution in [0.15, 0.2) is 42.5 Å². The molecule has 2 aromatic rings. The first-order valence-electron chi connectivity index (χ1n) is 9.94. The third kappa shape index (κ3) is 4.29. The molecule has 3 N–H and O–H groups in total. The van der Waals surface area contributed by atoms with Gasteiger partial charge < -0.3 is 25.4 Å². The molecule has 0 bridgehead atoms. The summed E-state index contributed by atoms with van der Waals surface area (Å²) in [6.45, 7) is 2.36. The van der Waals surface area contributed by atoms with Crippen molar-refractivity contribution in [2.24, 2.45) is 5.73 Å². The Labute approximate surface area is 169 Å². The maximum absolute atomic E-state index is 13.1. The molecule has 0 aliphatic carbocycles. The number of carbonyl (C=O) groups is 2. The lowest BCUT2D eigenvalue weighted by molar-refractivity contribution is 0.0735. The highest BCUT2D eigenvalue weighted by Crippen LogP contribution is 2.38.